The summed E-state index contributed by atoms with van der Waals surface area (Å²) in [5.41, 5.74) is 0. The first-order chi connectivity index (χ1) is 3.98. The Morgan fingerprint density at radius 3 is 1.89 bits per heavy atom. The second-order valence-corrected chi connectivity index (χ2v) is 8.70. The zero-order valence-corrected chi connectivity index (χ0v) is 8.36. The SMILES string of the molecule is [Li][CH2]CN(C)[Si](C)(C)C. The monoisotopic (exact) mass is 137 g/mol. The van der Waals surface area contributed by atoms with Gasteiger partial charge < -0.3 is 0 Å². The molecule has 0 bridgehead atoms. The molecule has 0 aliphatic rings. The van der Waals surface area contributed by atoms with Gasteiger partial charge in [-0.15, -0.1) is 0 Å². The first-order valence-corrected chi connectivity index (χ1v) is 7.14. The van der Waals surface area contributed by atoms with Crippen LogP contribution in [0.3, 0.4) is 0 Å². The Balaban J connectivity index is 3.59. The Morgan fingerprint density at radius 2 is 1.78 bits per heavy atom. The Bertz CT molecular complexity index is 79.6. The van der Waals surface area contributed by atoms with Crippen LogP contribution >= 0.6 is 0 Å². The van der Waals surface area contributed by atoms with E-state index in [2.05, 4.69) is 49.0 Å². The summed E-state index contributed by atoms with van der Waals surface area (Å²) in [4.78, 5) is 0. The normalized spacial score (nSPS) is 12.8. The van der Waals surface area contributed by atoms with Crippen LogP contribution in [0.1, 0.15) is 0 Å². The maximum absolute atomic E-state index is 2.51. The van der Waals surface area contributed by atoms with Crippen LogP contribution in [0.25, 0.3) is 0 Å². The number of rotatable bonds is 3. The fraction of sp³-hybridized carbons (Fsp3) is 1.00. The van der Waals surface area contributed by atoms with Crippen molar-refractivity contribution < 1.29 is 0 Å². The molecular weight excluding hydrogens is 121 g/mol. The molecule has 0 spiro atoms. The van der Waals surface area contributed by atoms with E-state index in [9.17, 15) is 0 Å². The fourth-order valence-corrected chi connectivity index (χ4v) is 1.57. The zero-order valence-electron chi connectivity index (χ0n) is 7.36. The van der Waals surface area contributed by atoms with E-state index in [4.69, 9.17) is 0 Å². The van der Waals surface area contributed by atoms with E-state index in [-0.39, 0.29) is 0 Å². The van der Waals surface area contributed by atoms with Crippen LogP contribution < -0.4 is 0 Å². The van der Waals surface area contributed by atoms with Crippen LogP contribution in [0.5, 0.6) is 0 Å². The molecule has 0 amide bonds. The molecular formula is C6H16LiNSi. The Labute approximate surface area is 69.1 Å². The Morgan fingerprint density at radius 1 is 1.33 bits per heavy atom. The van der Waals surface area contributed by atoms with Gasteiger partial charge in [0.1, 0.15) is 0 Å². The van der Waals surface area contributed by atoms with Crippen molar-refractivity contribution in [2.45, 2.75) is 24.7 Å². The van der Waals surface area contributed by atoms with E-state index in [0.29, 0.717) is 0 Å². The molecule has 0 aliphatic heterocycles. The molecule has 0 aromatic carbocycles. The van der Waals surface area contributed by atoms with Gasteiger partial charge in [0, 0.05) is 0 Å². The summed E-state index contributed by atoms with van der Waals surface area (Å²) in [6, 6.07) is 0. The van der Waals surface area contributed by atoms with Gasteiger partial charge >= 0.3 is 68.8 Å². The van der Waals surface area contributed by atoms with Crippen LogP contribution in [-0.2, 0) is 0 Å². The molecule has 9 heavy (non-hydrogen) atoms. The van der Waals surface area contributed by atoms with Crippen LogP contribution in [0.4, 0.5) is 0 Å². The average molecular weight is 137 g/mol. The van der Waals surface area contributed by atoms with Crippen molar-refractivity contribution in [3.63, 3.8) is 0 Å². The molecule has 0 radical (unpaired) electrons. The van der Waals surface area contributed by atoms with Gasteiger partial charge in [0.05, 0.1) is 0 Å². The predicted molar refractivity (Wildman–Crippen MR) is 46.5 cm³/mol. The van der Waals surface area contributed by atoms with E-state index < -0.39 is 8.24 Å². The van der Waals surface area contributed by atoms with Crippen LogP contribution in [0.15, 0.2) is 0 Å². The molecule has 0 atom stereocenters. The van der Waals surface area contributed by atoms with Crippen LogP contribution in [0.2, 0.25) is 24.7 Å². The summed E-state index contributed by atoms with van der Waals surface area (Å²) in [6.07, 6.45) is 0. The van der Waals surface area contributed by atoms with Crippen molar-refractivity contribution in [3.8, 4) is 0 Å². The molecule has 0 saturated carbocycles. The Hall–Kier alpha value is 0.774. The van der Waals surface area contributed by atoms with Crippen molar-refractivity contribution >= 4 is 26.0 Å². The van der Waals surface area contributed by atoms with Gasteiger partial charge in [0.15, 0.2) is 0 Å². The molecule has 0 aromatic heterocycles. The van der Waals surface area contributed by atoms with Crippen molar-refractivity contribution in [2.24, 2.45) is 0 Å². The van der Waals surface area contributed by atoms with Gasteiger partial charge in [-0.25, -0.2) is 0 Å². The van der Waals surface area contributed by atoms with Crippen molar-refractivity contribution in [2.75, 3.05) is 13.6 Å². The van der Waals surface area contributed by atoms with Gasteiger partial charge in [0.25, 0.3) is 0 Å². The molecule has 0 heterocycles. The maximum atomic E-state index is 2.51. The zero-order chi connectivity index (χ0) is 7.49. The summed E-state index contributed by atoms with van der Waals surface area (Å²) in [7, 11) is 1.28. The molecule has 0 aromatic rings. The van der Waals surface area contributed by atoms with Crippen molar-refractivity contribution in [1.29, 1.82) is 0 Å². The van der Waals surface area contributed by atoms with Gasteiger partial charge in [-0.1, -0.05) is 0 Å². The third-order valence-electron chi connectivity index (χ3n) is 1.70. The summed E-state index contributed by atoms with van der Waals surface area (Å²) in [5, 5.41) is 1.28. The van der Waals surface area contributed by atoms with Gasteiger partial charge in [0.2, 0.25) is 0 Å². The average Bonchev–Trinajstić information content (AvgIpc) is 1.64. The van der Waals surface area contributed by atoms with Crippen molar-refractivity contribution in [3.05, 3.63) is 0 Å². The fourth-order valence-electron chi connectivity index (χ4n) is 0.671. The minimum atomic E-state index is -0.948. The molecule has 0 fully saturated rings. The van der Waals surface area contributed by atoms with E-state index in [1.165, 1.54) is 11.6 Å². The number of hydrogen-bond donors (Lipinski definition) is 0. The number of nitrogens with zero attached hydrogens (tertiary/aromatic N) is 1. The quantitative estimate of drug-likeness (QED) is 0.531. The standard InChI is InChI=1S/C6H16NSi.Li/c1-6-7(2)8(3,4)5;/h1,6H2,2-5H3;. The molecule has 1 nitrogen and oxygen atoms in total. The third kappa shape index (κ3) is 4.21. The molecule has 3 heteroatoms. The number of hydrogen-bond acceptors (Lipinski definition) is 1. The third-order valence-corrected chi connectivity index (χ3v) is 4.22. The molecule has 50 valence electrons. The Kier molecular flexibility index (Phi) is 4.15. The minimum absolute atomic E-state index is 0.948. The van der Waals surface area contributed by atoms with Crippen molar-refractivity contribution in [1.82, 2.24) is 4.57 Å². The molecule has 0 rings (SSSR count). The summed E-state index contributed by atoms with van der Waals surface area (Å²) in [6.45, 7) is 8.39. The van der Waals surface area contributed by atoms with Gasteiger partial charge in [-0.2, -0.15) is 0 Å². The first-order valence-electron chi connectivity index (χ1n) is 3.69. The molecule has 0 aliphatic carbocycles. The molecule has 0 saturated heterocycles. The summed E-state index contributed by atoms with van der Waals surface area (Å²) >= 11 is 2.23. The molecule has 0 N–H and O–H groups in total. The first kappa shape index (κ1) is 9.77. The van der Waals surface area contributed by atoms with Gasteiger partial charge in [-0.3, -0.25) is 0 Å². The van der Waals surface area contributed by atoms with Crippen LogP contribution in [-0.4, -0.2) is 44.1 Å². The topological polar surface area (TPSA) is 3.24 Å². The van der Waals surface area contributed by atoms with E-state index in [0.717, 1.165) is 0 Å². The second-order valence-electron chi connectivity index (χ2n) is 3.59. The summed E-state index contributed by atoms with van der Waals surface area (Å²) < 4.78 is 2.51. The molecule has 0 unspecified atom stereocenters. The van der Waals surface area contributed by atoms with E-state index >= 15 is 0 Å². The summed E-state index contributed by atoms with van der Waals surface area (Å²) in [5.74, 6) is 0. The predicted octanol–water partition coefficient (Wildman–Crippen LogP) is 1.34. The van der Waals surface area contributed by atoms with E-state index in [1.54, 1.807) is 0 Å². The van der Waals surface area contributed by atoms with Gasteiger partial charge in [-0.05, 0) is 0 Å². The van der Waals surface area contributed by atoms with E-state index in [1.807, 2.05) is 0 Å². The van der Waals surface area contributed by atoms with Crippen LogP contribution in [0, 0.1) is 0 Å². The second kappa shape index (κ2) is 3.83.